The Morgan fingerprint density at radius 2 is 2.00 bits per heavy atom. The Morgan fingerprint density at radius 1 is 1.41 bits per heavy atom. The van der Waals surface area contributed by atoms with Gasteiger partial charge in [0.05, 0.1) is 4.65 Å². The molecule has 0 amide bonds. The van der Waals surface area contributed by atoms with Gasteiger partial charge in [-0.05, 0) is 31.1 Å². The second kappa shape index (κ2) is 8.98. The third-order valence-corrected chi connectivity index (χ3v) is 6.30. The summed E-state index contributed by atoms with van der Waals surface area (Å²) in [6.07, 6.45) is 4.70. The van der Waals surface area contributed by atoms with Crippen LogP contribution in [0.2, 0.25) is 0 Å². The lowest BCUT2D eigenvalue weighted by molar-refractivity contribution is 0.285. The molecule has 0 aliphatic carbocycles. The topological polar surface area (TPSA) is 35.5 Å². The molecule has 0 N–H and O–H groups in total. The summed E-state index contributed by atoms with van der Waals surface area (Å²) in [5.74, 6) is 0.928. The van der Waals surface area contributed by atoms with Crippen LogP contribution in [0.3, 0.4) is 0 Å². The average Bonchev–Trinajstić information content (AvgIpc) is 2.34. The molecule has 0 bridgehead atoms. The maximum Gasteiger partial charge on any atom is 0.367 e. The fraction of sp³-hybridized carbons (Fsp3) is 0.667. The first-order valence-electron chi connectivity index (χ1n) is 5.71. The van der Waals surface area contributed by atoms with Crippen molar-refractivity contribution in [3.05, 3.63) is 22.9 Å². The molecule has 0 spiro atoms. The third-order valence-electron chi connectivity index (χ3n) is 2.28. The van der Waals surface area contributed by atoms with E-state index in [1.807, 2.05) is 6.92 Å². The van der Waals surface area contributed by atoms with Crippen molar-refractivity contribution < 1.29 is 13.6 Å². The van der Waals surface area contributed by atoms with Crippen LogP contribution in [0.15, 0.2) is 22.9 Å². The van der Waals surface area contributed by atoms with Crippen molar-refractivity contribution >= 4 is 19.4 Å². The molecule has 3 nitrogen and oxygen atoms in total. The Kier molecular flexibility index (Phi) is 8.97. The van der Waals surface area contributed by atoms with Crippen LogP contribution >= 0.6 is 19.4 Å². The highest BCUT2D eigenvalue weighted by Crippen LogP contribution is 2.60. The summed E-state index contributed by atoms with van der Waals surface area (Å²) in [5.41, 5.74) is 1.01. The van der Waals surface area contributed by atoms with E-state index in [4.69, 9.17) is 9.05 Å². The molecule has 0 atom stereocenters. The highest BCUT2D eigenvalue weighted by atomic mass is 32.2. The predicted octanol–water partition coefficient (Wildman–Crippen LogP) is 4.81. The van der Waals surface area contributed by atoms with E-state index in [0.717, 1.165) is 28.8 Å². The third kappa shape index (κ3) is 5.43. The number of hydrogen-bond acceptors (Lipinski definition) is 4. The van der Waals surface area contributed by atoms with Gasteiger partial charge in [-0.3, -0.25) is 4.57 Å². The van der Waals surface area contributed by atoms with Gasteiger partial charge in [0.15, 0.2) is 0 Å². The number of unbranched alkanes of at least 4 members (excludes halogenated alkanes) is 1. The van der Waals surface area contributed by atoms with E-state index >= 15 is 0 Å². The van der Waals surface area contributed by atoms with Crippen LogP contribution in [0.25, 0.3) is 0 Å². The SMILES string of the molecule is C=CC/C(C)=C(\SCCCC)P(=O)(OC)OC. The van der Waals surface area contributed by atoms with Gasteiger partial charge in [-0.25, -0.2) is 0 Å². The van der Waals surface area contributed by atoms with E-state index in [0.29, 0.717) is 6.42 Å². The smallest absolute Gasteiger partial charge is 0.308 e. The van der Waals surface area contributed by atoms with Crippen molar-refractivity contribution in [1.29, 1.82) is 0 Å². The molecule has 0 radical (unpaired) electrons. The van der Waals surface area contributed by atoms with Crippen LogP contribution in [0.5, 0.6) is 0 Å². The minimum atomic E-state index is -3.12. The van der Waals surface area contributed by atoms with Crippen LogP contribution in [0.1, 0.15) is 33.1 Å². The molecule has 100 valence electrons. The highest BCUT2D eigenvalue weighted by molar-refractivity contribution is 8.10. The van der Waals surface area contributed by atoms with Crippen LogP contribution in [-0.2, 0) is 13.6 Å². The van der Waals surface area contributed by atoms with Gasteiger partial charge in [0.2, 0.25) is 0 Å². The fourth-order valence-electron chi connectivity index (χ4n) is 1.29. The summed E-state index contributed by atoms with van der Waals surface area (Å²) in [7, 11) is -0.278. The van der Waals surface area contributed by atoms with Gasteiger partial charge in [0.1, 0.15) is 0 Å². The molecule has 0 heterocycles. The minimum absolute atomic E-state index is 0.700. The molecular formula is C12H23O3PS. The second-order valence-corrected chi connectivity index (χ2v) is 7.22. The van der Waals surface area contributed by atoms with Crippen LogP contribution < -0.4 is 0 Å². The number of thioether (sulfide) groups is 1. The Balaban J connectivity index is 5.02. The summed E-state index contributed by atoms with van der Waals surface area (Å²) in [4.78, 5) is 0. The number of rotatable bonds is 9. The average molecular weight is 278 g/mol. The van der Waals surface area contributed by atoms with Crippen LogP contribution in [0, 0.1) is 0 Å². The fourth-order valence-corrected chi connectivity index (χ4v) is 4.64. The molecule has 0 unspecified atom stereocenters. The maximum atomic E-state index is 12.4. The van der Waals surface area contributed by atoms with Gasteiger partial charge >= 0.3 is 7.60 Å². The monoisotopic (exact) mass is 278 g/mol. The molecule has 0 rings (SSSR count). The van der Waals surface area contributed by atoms with Crippen LogP contribution in [0.4, 0.5) is 0 Å². The standard InChI is InChI=1S/C12H23O3PS/c1-6-8-10-17-12(11(3)9-7-2)16(13,14-4)15-5/h7H,2,6,8-10H2,1,3-5H3/b12-11-. The molecule has 0 aliphatic heterocycles. The Morgan fingerprint density at radius 3 is 2.41 bits per heavy atom. The maximum absolute atomic E-state index is 12.4. The molecule has 0 aromatic carbocycles. The van der Waals surface area contributed by atoms with Crippen LogP contribution in [-0.4, -0.2) is 20.0 Å². The first kappa shape index (κ1) is 17.0. The molecule has 0 saturated heterocycles. The van der Waals surface area contributed by atoms with Gasteiger partial charge < -0.3 is 9.05 Å². The Bertz CT molecular complexity index is 305. The molecular weight excluding hydrogens is 255 g/mol. The quantitative estimate of drug-likeness (QED) is 0.344. The Labute approximate surface area is 109 Å². The van der Waals surface area contributed by atoms with Crippen molar-refractivity contribution in [3.8, 4) is 0 Å². The van der Waals surface area contributed by atoms with Crippen molar-refractivity contribution in [2.75, 3.05) is 20.0 Å². The second-order valence-electron chi connectivity index (χ2n) is 3.64. The molecule has 0 fully saturated rings. The molecule has 0 aliphatic rings. The first-order valence-corrected chi connectivity index (χ1v) is 8.24. The van der Waals surface area contributed by atoms with Gasteiger partial charge in [0.25, 0.3) is 0 Å². The van der Waals surface area contributed by atoms with Gasteiger partial charge in [-0.1, -0.05) is 19.4 Å². The Hall–Kier alpha value is -0.0200. The zero-order valence-corrected chi connectivity index (χ0v) is 12.9. The number of allylic oxidation sites excluding steroid dienone is 2. The van der Waals surface area contributed by atoms with Crippen molar-refractivity contribution in [3.63, 3.8) is 0 Å². The van der Waals surface area contributed by atoms with Crippen molar-refractivity contribution in [2.45, 2.75) is 33.1 Å². The molecule has 0 aromatic heterocycles. The van der Waals surface area contributed by atoms with Gasteiger partial charge in [-0.15, -0.1) is 18.3 Å². The first-order chi connectivity index (χ1) is 8.05. The minimum Gasteiger partial charge on any atom is -0.308 e. The molecule has 17 heavy (non-hydrogen) atoms. The summed E-state index contributed by atoms with van der Waals surface area (Å²) in [6, 6.07) is 0. The lowest BCUT2D eigenvalue weighted by atomic mass is 10.2. The molecule has 0 saturated carbocycles. The highest BCUT2D eigenvalue weighted by Gasteiger charge is 2.29. The normalized spacial score (nSPS) is 13.4. The van der Waals surface area contributed by atoms with E-state index < -0.39 is 7.60 Å². The summed E-state index contributed by atoms with van der Waals surface area (Å²) >= 11 is 1.57. The molecule has 0 aromatic rings. The van der Waals surface area contributed by atoms with E-state index in [2.05, 4.69) is 13.5 Å². The van der Waals surface area contributed by atoms with Crippen molar-refractivity contribution in [2.24, 2.45) is 0 Å². The lowest BCUT2D eigenvalue weighted by Gasteiger charge is -2.19. The largest absolute Gasteiger partial charge is 0.367 e. The van der Waals surface area contributed by atoms with Crippen molar-refractivity contribution in [1.82, 2.24) is 0 Å². The van der Waals surface area contributed by atoms with Gasteiger partial charge in [0, 0.05) is 14.2 Å². The summed E-state index contributed by atoms with van der Waals surface area (Å²) in [5, 5.41) is 0. The summed E-state index contributed by atoms with van der Waals surface area (Å²) in [6.45, 7) is 7.78. The van der Waals surface area contributed by atoms with E-state index in [1.54, 1.807) is 17.8 Å². The lowest BCUT2D eigenvalue weighted by Crippen LogP contribution is -1.95. The zero-order chi connectivity index (χ0) is 13.3. The van der Waals surface area contributed by atoms with E-state index in [1.165, 1.54) is 14.2 Å². The summed E-state index contributed by atoms with van der Waals surface area (Å²) < 4.78 is 23.3. The van der Waals surface area contributed by atoms with Gasteiger partial charge in [-0.2, -0.15) is 0 Å². The van der Waals surface area contributed by atoms with E-state index in [-0.39, 0.29) is 0 Å². The number of hydrogen-bond donors (Lipinski definition) is 0. The zero-order valence-electron chi connectivity index (χ0n) is 11.2. The van der Waals surface area contributed by atoms with E-state index in [9.17, 15) is 4.57 Å². The predicted molar refractivity (Wildman–Crippen MR) is 76.5 cm³/mol. The molecule has 5 heteroatoms.